The first-order valence-corrected chi connectivity index (χ1v) is 8.68. The molecule has 0 unspecified atom stereocenters. The number of anilines is 1. The van der Waals surface area contributed by atoms with Gasteiger partial charge in [0.05, 0.1) is 19.2 Å². The molecule has 0 aromatic heterocycles. The van der Waals surface area contributed by atoms with Crippen molar-refractivity contribution in [3.8, 4) is 29.1 Å². The molecule has 2 aromatic rings. The van der Waals surface area contributed by atoms with Gasteiger partial charge in [-0.15, -0.1) is 0 Å². The van der Waals surface area contributed by atoms with E-state index in [0.29, 0.717) is 52.5 Å². The van der Waals surface area contributed by atoms with Gasteiger partial charge < -0.3 is 24.3 Å². The van der Waals surface area contributed by atoms with Crippen molar-refractivity contribution in [3.63, 3.8) is 0 Å². The van der Waals surface area contributed by atoms with Crippen molar-refractivity contribution in [3.05, 3.63) is 46.5 Å². The van der Waals surface area contributed by atoms with Crippen molar-refractivity contribution in [2.75, 3.05) is 32.8 Å². The monoisotopic (exact) mass is 400 g/mol. The average Bonchev–Trinajstić information content (AvgIpc) is 2.71. The predicted octanol–water partition coefficient (Wildman–Crippen LogP) is 3.67. The predicted molar refractivity (Wildman–Crippen MR) is 104 cm³/mol. The van der Waals surface area contributed by atoms with Crippen LogP contribution in [0.3, 0.4) is 0 Å². The molecule has 0 atom stereocenters. The molecule has 0 radical (unpaired) electrons. The molecule has 0 bridgehead atoms. The van der Waals surface area contributed by atoms with E-state index in [1.54, 1.807) is 30.3 Å². The van der Waals surface area contributed by atoms with Crippen LogP contribution in [0.5, 0.6) is 23.0 Å². The molecule has 8 heteroatoms. The van der Waals surface area contributed by atoms with Crippen molar-refractivity contribution in [1.82, 2.24) is 0 Å². The van der Waals surface area contributed by atoms with Gasteiger partial charge in [0.15, 0.2) is 23.0 Å². The lowest BCUT2D eigenvalue weighted by Gasteiger charge is -2.18. The molecule has 2 aromatic carbocycles. The van der Waals surface area contributed by atoms with Crippen LogP contribution >= 0.6 is 11.6 Å². The highest BCUT2D eigenvalue weighted by Crippen LogP contribution is 2.37. The first kappa shape index (κ1) is 19.4. The maximum Gasteiger partial charge on any atom is 0.266 e. The van der Waals surface area contributed by atoms with Gasteiger partial charge in [0.2, 0.25) is 0 Å². The minimum absolute atomic E-state index is 0.0989. The van der Waals surface area contributed by atoms with Gasteiger partial charge in [-0.25, -0.2) is 0 Å². The number of carbonyl (C=O) groups excluding carboxylic acids is 1. The topological polar surface area (TPSA) is 89.8 Å². The summed E-state index contributed by atoms with van der Waals surface area (Å²) in [6, 6.07) is 10.1. The van der Waals surface area contributed by atoms with Crippen LogP contribution in [0.2, 0.25) is 5.02 Å². The normalized spacial score (nSPS) is 12.7. The lowest BCUT2D eigenvalue weighted by atomic mass is 10.1. The van der Waals surface area contributed by atoms with Gasteiger partial charge in [-0.3, -0.25) is 4.79 Å². The molecule has 1 amide bonds. The number of carbonyl (C=O) groups is 1. The van der Waals surface area contributed by atoms with Crippen LogP contribution in [0.1, 0.15) is 5.56 Å². The van der Waals surface area contributed by atoms with E-state index >= 15 is 0 Å². The summed E-state index contributed by atoms with van der Waals surface area (Å²) < 4.78 is 21.4. The molecule has 7 nitrogen and oxygen atoms in total. The molecule has 3 rings (SSSR count). The number of fused-ring (bicyclic) bond motifs is 1. The first-order chi connectivity index (χ1) is 13.5. The summed E-state index contributed by atoms with van der Waals surface area (Å²) in [4.78, 5) is 12.5. The number of nitrogens with zero attached hydrogens (tertiary/aromatic N) is 1. The number of halogens is 1. The third-order valence-corrected chi connectivity index (χ3v) is 4.21. The molecule has 28 heavy (non-hydrogen) atoms. The molecule has 0 saturated heterocycles. The van der Waals surface area contributed by atoms with E-state index in [0.717, 1.165) is 0 Å². The fourth-order valence-electron chi connectivity index (χ4n) is 2.66. The van der Waals surface area contributed by atoms with E-state index in [4.69, 9.17) is 30.5 Å². The maximum atomic E-state index is 12.5. The van der Waals surface area contributed by atoms with Gasteiger partial charge in [0.1, 0.15) is 24.9 Å². The van der Waals surface area contributed by atoms with E-state index < -0.39 is 5.91 Å². The average molecular weight is 401 g/mol. The van der Waals surface area contributed by atoms with E-state index in [2.05, 4.69) is 5.32 Å². The molecule has 144 valence electrons. The summed E-state index contributed by atoms with van der Waals surface area (Å²) in [5.41, 5.74) is 0.912. The summed E-state index contributed by atoms with van der Waals surface area (Å²) in [5, 5.41) is 12.4. The Hall–Kier alpha value is -3.37. The van der Waals surface area contributed by atoms with Crippen LogP contribution in [0.25, 0.3) is 6.08 Å². The van der Waals surface area contributed by atoms with Gasteiger partial charge in [-0.2, -0.15) is 5.26 Å². The number of hydrogen-bond donors (Lipinski definition) is 1. The Kier molecular flexibility index (Phi) is 5.92. The van der Waals surface area contributed by atoms with Gasteiger partial charge in [0, 0.05) is 11.8 Å². The number of hydrogen-bond acceptors (Lipinski definition) is 6. The molecular weight excluding hydrogens is 384 g/mol. The Labute approximate surface area is 167 Å². The van der Waals surface area contributed by atoms with Crippen molar-refractivity contribution >= 4 is 29.3 Å². The molecule has 1 aliphatic rings. The largest absolute Gasteiger partial charge is 0.493 e. The highest BCUT2D eigenvalue weighted by Gasteiger charge is 2.16. The highest BCUT2D eigenvalue weighted by atomic mass is 35.5. The third kappa shape index (κ3) is 4.13. The van der Waals surface area contributed by atoms with Crippen LogP contribution < -0.4 is 24.3 Å². The van der Waals surface area contributed by atoms with Crippen LogP contribution in [-0.2, 0) is 4.79 Å². The molecule has 0 spiro atoms. The lowest BCUT2D eigenvalue weighted by Crippen LogP contribution is -2.17. The van der Waals surface area contributed by atoms with Crippen LogP contribution in [0, 0.1) is 11.3 Å². The zero-order chi connectivity index (χ0) is 20.1. The summed E-state index contributed by atoms with van der Waals surface area (Å²) in [6.45, 7) is 0.918. The molecule has 1 aliphatic heterocycles. The number of nitrogens with one attached hydrogen (secondary N) is 1. The Morgan fingerprint density at radius 3 is 2.61 bits per heavy atom. The summed E-state index contributed by atoms with van der Waals surface area (Å²) in [7, 11) is 2.95. The first-order valence-electron chi connectivity index (χ1n) is 8.30. The number of methoxy groups -OCH3 is 2. The van der Waals surface area contributed by atoms with E-state index in [-0.39, 0.29) is 5.57 Å². The number of benzene rings is 2. The molecule has 0 saturated carbocycles. The number of amides is 1. The van der Waals surface area contributed by atoms with E-state index in [9.17, 15) is 10.1 Å². The minimum atomic E-state index is -0.565. The molecule has 1 heterocycles. The summed E-state index contributed by atoms with van der Waals surface area (Å²) in [6.07, 6.45) is 1.42. The third-order valence-electron chi connectivity index (χ3n) is 3.93. The maximum absolute atomic E-state index is 12.5. The molecular formula is C20H17ClN2O5. The number of rotatable bonds is 5. The van der Waals surface area contributed by atoms with E-state index in [1.807, 2.05) is 6.07 Å². The minimum Gasteiger partial charge on any atom is -0.493 e. The van der Waals surface area contributed by atoms with Crippen molar-refractivity contribution in [2.24, 2.45) is 0 Å². The molecule has 0 fully saturated rings. The molecule has 0 aliphatic carbocycles. The number of nitriles is 1. The van der Waals surface area contributed by atoms with E-state index in [1.165, 1.54) is 20.3 Å². The second-order valence-corrected chi connectivity index (χ2v) is 6.13. The fourth-order valence-corrected chi connectivity index (χ4v) is 2.95. The van der Waals surface area contributed by atoms with Gasteiger partial charge in [0.25, 0.3) is 5.91 Å². The summed E-state index contributed by atoms with van der Waals surface area (Å²) in [5.74, 6) is 1.36. The standard InChI is InChI=1S/C20H17ClN2O5/c1-25-18-9-12(8-15(21)19(18)26-2)7-13(11-22)20(24)23-14-3-4-16-17(10-14)28-6-5-27-16/h3-4,7-10H,5-6H2,1-2H3,(H,23,24). The Morgan fingerprint density at radius 2 is 1.93 bits per heavy atom. The Bertz CT molecular complexity index is 981. The van der Waals surface area contributed by atoms with Gasteiger partial charge in [-0.05, 0) is 35.9 Å². The van der Waals surface area contributed by atoms with Gasteiger partial charge in [-0.1, -0.05) is 11.6 Å². The zero-order valence-electron chi connectivity index (χ0n) is 15.2. The summed E-state index contributed by atoms with van der Waals surface area (Å²) >= 11 is 6.17. The molecule has 1 N–H and O–H groups in total. The SMILES string of the molecule is COc1cc(C=C(C#N)C(=O)Nc2ccc3c(c2)OCCO3)cc(Cl)c1OC. The number of ether oxygens (including phenoxy) is 4. The zero-order valence-corrected chi connectivity index (χ0v) is 16.0. The highest BCUT2D eigenvalue weighted by molar-refractivity contribution is 6.32. The van der Waals surface area contributed by atoms with Crippen molar-refractivity contribution < 1.29 is 23.7 Å². The van der Waals surface area contributed by atoms with Gasteiger partial charge >= 0.3 is 0 Å². The van der Waals surface area contributed by atoms with Crippen molar-refractivity contribution in [2.45, 2.75) is 0 Å². The second kappa shape index (κ2) is 8.55. The Morgan fingerprint density at radius 1 is 1.18 bits per heavy atom. The fraction of sp³-hybridized carbons (Fsp3) is 0.200. The van der Waals surface area contributed by atoms with Crippen molar-refractivity contribution in [1.29, 1.82) is 5.26 Å². The van der Waals surface area contributed by atoms with Crippen LogP contribution in [0.15, 0.2) is 35.9 Å². The lowest BCUT2D eigenvalue weighted by molar-refractivity contribution is -0.112. The quantitative estimate of drug-likeness (QED) is 0.608. The smallest absolute Gasteiger partial charge is 0.266 e. The van der Waals surface area contributed by atoms with Crippen LogP contribution in [-0.4, -0.2) is 33.3 Å². The Balaban J connectivity index is 1.84. The second-order valence-electron chi connectivity index (χ2n) is 5.72. The van der Waals surface area contributed by atoms with Crippen LogP contribution in [0.4, 0.5) is 5.69 Å².